The Kier molecular flexibility index (Phi) is 26.1. The van der Waals surface area contributed by atoms with E-state index in [1.165, 1.54) is 0 Å². The van der Waals surface area contributed by atoms with E-state index in [4.69, 9.17) is 0 Å². The maximum atomic E-state index is 2.23. The predicted molar refractivity (Wildman–Crippen MR) is 24.7 cm³/mol. The van der Waals surface area contributed by atoms with Crippen LogP contribution in [0, 0.1) is 0 Å². The molecule has 0 aliphatic rings. The van der Waals surface area contributed by atoms with Crippen LogP contribution in [0.5, 0.6) is 0 Å². The second kappa shape index (κ2) is 10.0. The fourth-order valence-corrected chi connectivity index (χ4v) is 0. The molecule has 0 unspecified atom stereocenters. The Bertz CT molecular complexity index is 15.5. The van der Waals surface area contributed by atoms with Gasteiger partial charge < -0.3 is 24.0 Å². The summed E-state index contributed by atoms with van der Waals surface area (Å²) >= 11 is 0. The quantitative estimate of drug-likeness (QED) is 0.286. The van der Waals surface area contributed by atoms with E-state index in [9.17, 15) is 0 Å². The first kappa shape index (κ1) is 15.7. The largest absolute Gasteiger partial charge is 1.00 e. The molecule has 0 heterocycles. The molecule has 6 heavy (non-hydrogen) atoms. The van der Waals surface area contributed by atoms with E-state index in [1.807, 2.05) is 0 Å². The molecular formula is C3H9AgIP. The minimum Gasteiger partial charge on any atom is -1.00 e. The van der Waals surface area contributed by atoms with Gasteiger partial charge in [0.15, 0.2) is 0 Å². The maximum Gasteiger partial charge on any atom is 1.00 e. The number of hydrogen-bond donors (Lipinski definition) is 0. The van der Waals surface area contributed by atoms with Crippen molar-refractivity contribution in [3.05, 3.63) is 0 Å². The molecule has 0 atom stereocenters. The van der Waals surface area contributed by atoms with Gasteiger partial charge >= 0.3 is 22.4 Å². The first-order valence-electron chi connectivity index (χ1n) is 1.34. The Morgan fingerprint density at radius 2 is 1.00 bits per heavy atom. The molecule has 0 aromatic heterocycles. The van der Waals surface area contributed by atoms with Crippen molar-refractivity contribution in [1.82, 2.24) is 0 Å². The van der Waals surface area contributed by atoms with Gasteiger partial charge in [0.05, 0.1) is 0 Å². The van der Waals surface area contributed by atoms with E-state index >= 15 is 0 Å². The molecule has 0 saturated heterocycles. The molecule has 0 N–H and O–H groups in total. The van der Waals surface area contributed by atoms with Gasteiger partial charge in [-0.3, -0.25) is 0 Å². The third-order valence-corrected chi connectivity index (χ3v) is 0. The standard InChI is InChI=1S/C3H9P.Ag.HI/c1-4(2)3;;/h1-3H3;;1H/q;+1;/p-1. The molecule has 3 heteroatoms. The van der Waals surface area contributed by atoms with Gasteiger partial charge in [-0.1, -0.05) is 0 Å². The molecule has 0 fully saturated rings. The smallest absolute Gasteiger partial charge is 1.00 e. The van der Waals surface area contributed by atoms with Crippen LogP contribution in [0.15, 0.2) is 0 Å². The van der Waals surface area contributed by atoms with Crippen LogP contribution in [-0.4, -0.2) is 20.0 Å². The monoisotopic (exact) mass is 310 g/mol. The molecule has 0 nitrogen and oxygen atoms in total. The molecule has 0 aromatic carbocycles. The molecule has 0 spiro atoms. The molecule has 0 rings (SSSR count). The van der Waals surface area contributed by atoms with E-state index in [0.717, 1.165) is 0 Å². The molecule has 0 aromatic rings. The van der Waals surface area contributed by atoms with E-state index in [0.29, 0.717) is 7.92 Å². The van der Waals surface area contributed by atoms with Gasteiger partial charge in [-0.25, -0.2) is 0 Å². The summed E-state index contributed by atoms with van der Waals surface area (Å²) in [5, 5.41) is 0. The topological polar surface area (TPSA) is 0 Å². The Balaban J connectivity index is -0.0000000450. The van der Waals surface area contributed by atoms with Crippen molar-refractivity contribution in [2.75, 3.05) is 20.0 Å². The summed E-state index contributed by atoms with van der Waals surface area (Å²) in [6, 6.07) is 0. The zero-order valence-corrected chi connectivity index (χ0v) is 8.66. The summed E-state index contributed by atoms with van der Waals surface area (Å²) in [4.78, 5) is 0. The average Bonchev–Trinajstić information content (AvgIpc) is 0.811. The van der Waals surface area contributed by atoms with Gasteiger partial charge in [0.25, 0.3) is 0 Å². The van der Waals surface area contributed by atoms with Crippen molar-refractivity contribution >= 4 is 7.92 Å². The summed E-state index contributed by atoms with van der Waals surface area (Å²) in [6.07, 6.45) is 0. The van der Waals surface area contributed by atoms with Gasteiger partial charge in [-0.2, -0.15) is 0 Å². The fraction of sp³-hybridized carbons (Fsp3) is 1.00. The molecular weight excluding hydrogens is 302 g/mol. The third kappa shape index (κ3) is 39.2. The van der Waals surface area contributed by atoms with Crippen molar-refractivity contribution in [2.45, 2.75) is 0 Å². The van der Waals surface area contributed by atoms with Crippen LogP contribution in [-0.2, 0) is 22.4 Å². The molecule has 0 aliphatic heterocycles. The van der Waals surface area contributed by atoms with Crippen molar-refractivity contribution in [3.8, 4) is 0 Å². The average molecular weight is 311 g/mol. The fourth-order valence-electron chi connectivity index (χ4n) is 0. The maximum absolute atomic E-state index is 2.23. The Hall–Kier alpha value is 1.90. The van der Waals surface area contributed by atoms with E-state index in [1.54, 1.807) is 0 Å². The molecule has 0 amide bonds. The van der Waals surface area contributed by atoms with Crippen LogP contribution in [0.2, 0.25) is 0 Å². The summed E-state index contributed by atoms with van der Waals surface area (Å²) in [7, 11) is 0.380. The number of halogens is 1. The summed E-state index contributed by atoms with van der Waals surface area (Å²) in [5.41, 5.74) is 0. The minimum absolute atomic E-state index is 0. The SMILES string of the molecule is CP(C)C.[Ag+].[I-]. The van der Waals surface area contributed by atoms with Crippen LogP contribution in [0.3, 0.4) is 0 Å². The third-order valence-electron chi connectivity index (χ3n) is 0. The van der Waals surface area contributed by atoms with Crippen molar-refractivity contribution < 1.29 is 46.4 Å². The van der Waals surface area contributed by atoms with E-state index < -0.39 is 0 Å². The van der Waals surface area contributed by atoms with Gasteiger partial charge in [0, 0.05) is 0 Å². The second-order valence-corrected chi connectivity index (χ2v) is 4.02. The Morgan fingerprint density at radius 1 is 1.00 bits per heavy atom. The van der Waals surface area contributed by atoms with Gasteiger partial charge in [0.1, 0.15) is 0 Å². The molecule has 0 saturated carbocycles. The first-order valence-corrected chi connectivity index (χ1v) is 4.02. The Labute approximate surface area is 73.7 Å². The van der Waals surface area contributed by atoms with Crippen LogP contribution in [0.4, 0.5) is 0 Å². The van der Waals surface area contributed by atoms with Crippen LogP contribution >= 0.6 is 7.92 Å². The van der Waals surface area contributed by atoms with Gasteiger partial charge in [-0.05, 0) is 20.0 Å². The van der Waals surface area contributed by atoms with Crippen molar-refractivity contribution in [1.29, 1.82) is 0 Å². The molecule has 0 aliphatic carbocycles. The summed E-state index contributed by atoms with van der Waals surface area (Å²) in [6.45, 7) is 6.69. The molecule has 0 bridgehead atoms. The zero-order chi connectivity index (χ0) is 3.58. The van der Waals surface area contributed by atoms with Crippen molar-refractivity contribution in [3.63, 3.8) is 0 Å². The summed E-state index contributed by atoms with van der Waals surface area (Å²) < 4.78 is 0. The second-order valence-electron chi connectivity index (χ2n) is 1.34. The molecule has 44 valence electrons. The predicted octanol–water partition coefficient (Wildman–Crippen LogP) is -1.64. The van der Waals surface area contributed by atoms with Crippen molar-refractivity contribution in [2.24, 2.45) is 0 Å². The van der Waals surface area contributed by atoms with E-state index in [-0.39, 0.29) is 46.4 Å². The van der Waals surface area contributed by atoms with Crippen LogP contribution in [0.1, 0.15) is 0 Å². The Morgan fingerprint density at radius 3 is 1.00 bits per heavy atom. The summed E-state index contributed by atoms with van der Waals surface area (Å²) in [5.74, 6) is 0. The normalized spacial score (nSPS) is 6.00. The first-order chi connectivity index (χ1) is 1.73. The van der Waals surface area contributed by atoms with Gasteiger partial charge in [-0.15, -0.1) is 7.92 Å². The zero-order valence-electron chi connectivity index (χ0n) is 4.13. The minimum atomic E-state index is 0. The number of hydrogen-bond acceptors (Lipinski definition) is 0. The number of rotatable bonds is 0. The molecule has 0 radical (unpaired) electrons. The van der Waals surface area contributed by atoms with Gasteiger partial charge in [0.2, 0.25) is 0 Å². The van der Waals surface area contributed by atoms with Crippen LogP contribution < -0.4 is 24.0 Å². The van der Waals surface area contributed by atoms with Crippen LogP contribution in [0.25, 0.3) is 0 Å². The van der Waals surface area contributed by atoms with E-state index in [2.05, 4.69) is 20.0 Å².